The normalized spacial score (nSPS) is 10.3. The Balaban J connectivity index is 3.22. The van der Waals surface area contributed by atoms with Gasteiger partial charge in [0, 0.05) is 5.02 Å². The fraction of sp³-hybridized carbons (Fsp3) is 0.455. The van der Waals surface area contributed by atoms with Gasteiger partial charge in [0.15, 0.2) is 0 Å². The van der Waals surface area contributed by atoms with Gasteiger partial charge in [0.25, 0.3) is 0 Å². The van der Waals surface area contributed by atoms with E-state index in [1.165, 1.54) is 16.7 Å². The van der Waals surface area contributed by atoms with Crippen LogP contribution in [0.25, 0.3) is 0 Å². The van der Waals surface area contributed by atoms with Crippen molar-refractivity contribution < 1.29 is 0 Å². The first-order valence-corrected chi connectivity index (χ1v) is 4.84. The fourth-order valence-electron chi connectivity index (χ4n) is 1.53. The minimum atomic E-state index is 0.870. The summed E-state index contributed by atoms with van der Waals surface area (Å²) in [5.41, 5.74) is 4.16. The molecular formula is C11H15Cl. The van der Waals surface area contributed by atoms with Crippen LogP contribution < -0.4 is 0 Å². The zero-order chi connectivity index (χ0) is 9.14. The monoisotopic (exact) mass is 182 g/mol. The van der Waals surface area contributed by atoms with Crippen molar-refractivity contribution >= 4 is 11.6 Å². The molecule has 0 bridgehead atoms. The van der Waals surface area contributed by atoms with Crippen LogP contribution in [0.2, 0.25) is 5.02 Å². The molecule has 0 nitrogen and oxygen atoms in total. The number of hydrogen-bond donors (Lipinski definition) is 0. The first-order valence-electron chi connectivity index (χ1n) is 4.47. The van der Waals surface area contributed by atoms with E-state index >= 15 is 0 Å². The molecule has 0 aliphatic carbocycles. The van der Waals surface area contributed by atoms with E-state index in [1.807, 2.05) is 0 Å². The summed E-state index contributed by atoms with van der Waals surface area (Å²) in [5.74, 6) is 0. The van der Waals surface area contributed by atoms with Crippen LogP contribution in [0.1, 0.15) is 30.5 Å². The van der Waals surface area contributed by atoms with Gasteiger partial charge in [-0.15, -0.1) is 0 Å². The van der Waals surface area contributed by atoms with E-state index in [0.29, 0.717) is 0 Å². The van der Waals surface area contributed by atoms with Gasteiger partial charge in [0.2, 0.25) is 0 Å². The number of benzene rings is 1. The van der Waals surface area contributed by atoms with Gasteiger partial charge in [0.1, 0.15) is 0 Å². The average molecular weight is 183 g/mol. The summed E-state index contributed by atoms with van der Waals surface area (Å²) in [7, 11) is 0. The Kier molecular flexibility index (Phi) is 3.16. The molecule has 0 amide bonds. The first-order chi connectivity index (χ1) is 5.69. The average Bonchev–Trinajstić information content (AvgIpc) is 2.08. The molecule has 0 saturated heterocycles. The molecule has 1 rings (SSSR count). The minimum Gasteiger partial charge on any atom is -0.0843 e. The largest absolute Gasteiger partial charge is 0.0843 e. The Morgan fingerprint density at radius 2 is 1.50 bits per heavy atom. The van der Waals surface area contributed by atoms with Crippen molar-refractivity contribution in [2.75, 3.05) is 0 Å². The molecule has 0 radical (unpaired) electrons. The van der Waals surface area contributed by atoms with Gasteiger partial charge in [-0.3, -0.25) is 0 Å². The Hall–Kier alpha value is -0.490. The summed E-state index contributed by atoms with van der Waals surface area (Å²) < 4.78 is 0. The summed E-state index contributed by atoms with van der Waals surface area (Å²) in [5, 5.41) is 0.870. The Morgan fingerprint density at radius 3 is 1.83 bits per heavy atom. The Morgan fingerprint density at radius 1 is 1.08 bits per heavy atom. The van der Waals surface area contributed by atoms with Crippen LogP contribution in [0, 0.1) is 6.92 Å². The predicted octanol–water partition coefficient (Wildman–Crippen LogP) is 3.77. The topological polar surface area (TPSA) is 0 Å². The van der Waals surface area contributed by atoms with Crippen molar-refractivity contribution in [3.63, 3.8) is 0 Å². The summed E-state index contributed by atoms with van der Waals surface area (Å²) >= 11 is 5.98. The molecule has 0 unspecified atom stereocenters. The van der Waals surface area contributed by atoms with E-state index in [4.69, 9.17) is 11.6 Å². The molecule has 0 heterocycles. The van der Waals surface area contributed by atoms with Crippen LogP contribution in [0.15, 0.2) is 12.1 Å². The van der Waals surface area contributed by atoms with Gasteiger partial charge in [-0.25, -0.2) is 0 Å². The van der Waals surface area contributed by atoms with E-state index in [-0.39, 0.29) is 0 Å². The van der Waals surface area contributed by atoms with Crippen LogP contribution in [0.3, 0.4) is 0 Å². The fourth-order valence-corrected chi connectivity index (χ4v) is 1.80. The highest BCUT2D eigenvalue weighted by molar-refractivity contribution is 6.30. The third-order valence-corrected chi connectivity index (χ3v) is 2.57. The second-order valence-corrected chi connectivity index (χ2v) is 3.49. The maximum Gasteiger partial charge on any atom is 0.0411 e. The van der Waals surface area contributed by atoms with E-state index in [9.17, 15) is 0 Å². The van der Waals surface area contributed by atoms with Crippen molar-refractivity contribution in [3.8, 4) is 0 Å². The molecule has 1 aromatic carbocycles. The number of halogens is 1. The molecule has 0 saturated carbocycles. The van der Waals surface area contributed by atoms with E-state index < -0.39 is 0 Å². The highest BCUT2D eigenvalue weighted by Gasteiger charge is 2.02. The number of hydrogen-bond acceptors (Lipinski definition) is 0. The number of aryl methyl sites for hydroxylation is 2. The van der Waals surface area contributed by atoms with Crippen LogP contribution >= 0.6 is 11.6 Å². The van der Waals surface area contributed by atoms with Crippen molar-refractivity contribution in [3.05, 3.63) is 33.8 Å². The number of rotatable bonds is 2. The summed E-state index contributed by atoms with van der Waals surface area (Å²) in [6.45, 7) is 6.50. The van der Waals surface area contributed by atoms with Gasteiger partial charge in [-0.1, -0.05) is 25.4 Å². The predicted molar refractivity (Wildman–Crippen MR) is 54.9 cm³/mol. The first kappa shape index (κ1) is 9.60. The van der Waals surface area contributed by atoms with Crippen molar-refractivity contribution in [1.29, 1.82) is 0 Å². The molecule has 0 aromatic heterocycles. The quantitative estimate of drug-likeness (QED) is 0.653. The van der Waals surface area contributed by atoms with Gasteiger partial charge in [-0.2, -0.15) is 0 Å². The Labute approximate surface area is 79.6 Å². The SMILES string of the molecule is CCc1cc(Cl)cc(CC)c1C. The van der Waals surface area contributed by atoms with Gasteiger partial charge >= 0.3 is 0 Å². The second kappa shape index (κ2) is 3.95. The van der Waals surface area contributed by atoms with Crippen molar-refractivity contribution in [2.24, 2.45) is 0 Å². The lowest BCUT2D eigenvalue weighted by molar-refractivity contribution is 1.05. The second-order valence-electron chi connectivity index (χ2n) is 3.06. The van der Waals surface area contributed by atoms with Gasteiger partial charge in [-0.05, 0) is 48.6 Å². The lowest BCUT2D eigenvalue weighted by Gasteiger charge is -2.08. The third kappa shape index (κ3) is 1.81. The van der Waals surface area contributed by atoms with Crippen molar-refractivity contribution in [1.82, 2.24) is 0 Å². The van der Waals surface area contributed by atoms with Gasteiger partial charge in [0.05, 0.1) is 0 Å². The molecule has 0 spiro atoms. The molecule has 1 heteroatoms. The van der Waals surface area contributed by atoms with Crippen LogP contribution in [-0.4, -0.2) is 0 Å². The third-order valence-electron chi connectivity index (χ3n) is 2.35. The molecule has 0 atom stereocenters. The van der Waals surface area contributed by atoms with E-state index in [0.717, 1.165) is 17.9 Å². The van der Waals surface area contributed by atoms with E-state index in [2.05, 4.69) is 32.9 Å². The lowest BCUT2D eigenvalue weighted by Crippen LogP contribution is -1.93. The standard InChI is InChI=1S/C11H15Cl/c1-4-9-6-11(12)7-10(5-2)8(9)3/h6-7H,4-5H2,1-3H3. The summed E-state index contributed by atoms with van der Waals surface area (Å²) in [6, 6.07) is 4.13. The maximum atomic E-state index is 5.98. The highest BCUT2D eigenvalue weighted by atomic mass is 35.5. The molecule has 12 heavy (non-hydrogen) atoms. The van der Waals surface area contributed by atoms with Crippen LogP contribution in [-0.2, 0) is 12.8 Å². The Bertz CT molecular complexity index is 251. The van der Waals surface area contributed by atoms with Crippen LogP contribution in [0.5, 0.6) is 0 Å². The molecule has 1 aromatic rings. The maximum absolute atomic E-state index is 5.98. The van der Waals surface area contributed by atoms with Crippen molar-refractivity contribution in [2.45, 2.75) is 33.6 Å². The molecular weight excluding hydrogens is 168 g/mol. The minimum absolute atomic E-state index is 0.870. The highest BCUT2D eigenvalue weighted by Crippen LogP contribution is 2.21. The zero-order valence-electron chi connectivity index (χ0n) is 7.95. The zero-order valence-corrected chi connectivity index (χ0v) is 8.70. The molecule has 0 aliphatic heterocycles. The summed E-state index contributed by atoms with van der Waals surface area (Å²) in [4.78, 5) is 0. The lowest BCUT2D eigenvalue weighted by atomic mass is 9.99. The van der Waals surface area contributed by atoms with Gasteiger partial charge < -0.3 is 0 Å². The van der Waals surface area contributed by atoms with Crippen LogP contribution in [0.4, 0.5) is 0 Å². The molecule has 66 valence electrons. The molecule has 0 aliphatic rings. The molecule has 0 fully saturated rings. The summed E-state index contributed by atoms with van der Waals surface area (Å²) in [6.07, 6.45) is 2.14. The molecule has 0 N–H and O–H groups in total. The smallest absolute Gasteiger partial charge is 0.0411 e. The van der Waals surface area contributed by atoms with E-state index in [1.54, 1.807) is 0 Å².